The first-order chi connectivity index (χ1) is 6.97. The lowest BCUT2D eigenvalue weighted by Gasteiger charge is -2.16. The van der Waals surface area contributed by atoms with Gasteiger partial charge in [-0.15, -0.1) is 0 Å². The second kappa shape index (κ2) is 7.23. The van der Waals surface area contributed by atoms with Crippen LogP contribution >= 0.6 is 0 Å². The van der Waals surface area contributed by atoms with Crippen LogP contribution in [0.5, 0.6) is 0 Å². The Morgan fingerprint density at radius 3 is 2.40 bits per heavy atom. The van der Waals surface area contributed by atoms with Crippen LogP contribution in [0, 0.1) is 5.92 Å². The molecule has 1 atom stereocenters. The average molecular weight is 216 g/mol. The Morgan fingerprint density at radius 1 is 1.40 bits per heavy atom. The molecule has 0 saturated heterocycles. The van der Waals surface area contributed by atoms with E-state index in [0.717, 1.165) is 0 Å². The molecule has 0 rings (SSSR count). The summed E-state index contributed by atoms with van der Waals surface area (Å²) in [6.45, 7) is 4.28. The molecule has 0 aromatic heterocycles. The quantitative estimate of drug-likeness (QED) is 0.572. The predicted octanol–water partition coefficient (Wildman–Crippen LogP) is 0.341. The largest absolute Gasteiger partial charge is 0.480 e. The van der Waals surface area contributed by atoms with Crippen LogP contribution in [0.15, 0.2) is 0 Å². The van der Waals surface area contributed by atoms with Crippen LogP contribution in [0.1, 0.15) is 33.1 Å². The summed E-state index contributed by atoms with van der Waals surface area (Å²) in [5.74, 6) is -0.987. The van der Waals surface area contributed by atoms with Crippen molar-refractivity contribution in [2.75, 3.05) is 6.54 Å². The fourth-order valence-electron chi connectivity index (χ4n) is 1.22. The van der Waals surface area contributed by atoms with Crippen molar-refractivity contribution in [3.05, 3.63) is 0 Å². The Labute approximate surface area is 90.0 Å². The number of nitrogens with two attached hydrogens (primary N) is 1. The topological polar surface area (TPSA) is 92.4 Å². The van der Waals surface area contributed by atoms with Gasteiger partial charge in [0.2, 0.25) is 5.91 Å². The zero-order valence-corrected chi connectivity index (χ0v) is 9.32. The van der Waals surface area contributed by atoms with Gasteiger partial charge >= 0.3 is 5.97 Å². The number of carboxylic acid groups (broad SMARTS) is 1. The van der Waals surface area contributed by atoms with E-state index >= 15 is 0 Å². The van der Waals surface area contributed by atoms with Gasteiger partial charge in [0.1, 0.15) is 6.04 Å². The highest BCUT2D eigenvalue weighted by atomic mass is 16.4. The average Bonchev–Trinajstić information content (AvgIpc) is 2.12. The van der Waals surface area contributed by atoms with Gasteiger partial charge in [0.05, 0.1) is 0 Å². The van der Waals surface area contributed by atoms with E-state index < -0.39 is 12.0 Å². The van der Waals surface area contributed by atoms with Gasteiger partial charge in [-0.3, -0.25) is 4.79 Å². The number of hydrogen-bond donors (Lipinski definition) is 3. The molecule has 4 N–H and O–H groups in total. The maximum absolute atomic E-state index is 11.3. The lowest BCUT2D eigenvalue weighted by Crippen LogP contribution is -2.41. The third-order valence-electron chi connectivity index (χ3n) is 1.95. The molecule has 0 aliphatic rings. The first-order valence-corrected chi connectivity index (χ1v) is 5.19. The maximum Gasteiger partial charge on any atom is 0.326 e. The predicted molar refractivity (Wildman–Crippen MR) is 57.3 cm³/mol. The number of carbonyl (C=O) groups is 2. The minimum Gasteiger partial charge on any atom is -0.480 e. The number of carbonyl (C=O) groups excluding carboxylic acids is 1. The Balaban J connectivity index is 4.05. The van der Waals surface area contributed by atoms with Gasteiger partial charge in [0, 0.05) is 6.42 Å². The van der Waals surface area contributed by atoms with E-state index in [1.165, 1.54) is 0 Å². The maximum atomic E-state index is 11.3. The summed E-state index contributed by atoms with van der Waals surface area (Å²) < 4.78 is 0. The summed E-state index contributed by atoms with van der Waals surface area (Å²) in [5.41, 5.74) is 5.25. The van der Waals surface area contributed by atoms with Gasteiger partial charge in [-0.25, -0.2) is 4.79 Å². The number of amides is 1. The minimum absolute atomic E-state index is 0.237. The molecule has 0 aliphatic carbocycles. The number of aliphatic carboxylic acids is 1. The van der Waals surface area contributed by atoms with Crippen molar-refractivity contribution in [3.63, 3.8) is 0 Å². The Kier molecular flexibility index (Phi) is 6.70. The molecule has 0 saturated carbocycles. The van der Waals surface area contributed by atoms with Crippen molar-refractivity contribution in [1.82, 2.24) is 5.32 Å². The van der Waals surface area contributed by atoms with E-state index in [4.69, 9.17) is 10.8 Å². The van der Waals surface area contributed by atoms with Gasteiger partial charge < -0.3 is 16.2 Å². The second-order valence-electron chi connectivity index (χ2n) is 3.98. The van der Waals surface area contributed by atoms with Crippen LogP contribution < -0.4 is 11.1 Å². The fourth-order valence-corrected chi connectivity index (χ4v) is 1.22. The van der Waals surface area contributed by atoms with E-state index in [2.05, 4.69) is 5.32 Å². The highest BCUT2D eigenvalue weighted by Gasteiger charge is 2.20. The molecule has 1 amide bonds. The molecule has 0 aliphatic heterocycles. The third-order valence-corrected chi connectivity index (χ3v) is 1.95. The molecule has 0 heterocycles. The van der Waals surface area contributed by atoms with Crippen molar-refractivity contribution in [3.8, 4) is 0 Å². The van der Waals surface area contributed by atoms with Crippen LogP contribution in [0.3, 0.4) is 0 Å². The molecule has 15 heavy (non-hydrogen) atoms. The molecular formula is C10H20N2O3. The van der Waals surface area contributed by atoms with E-state index in [9.17, 15) is 9.59 Å². The lowest BCUT2D eigenvalue weighted by atomic mass is 10.0. The van der Waals surface area contributed by atoms with E-state index in [1.807, 2.05) is 13.8 Å². The molecule has 88 valence electrons. The molecule has 0 unspecified atom stereocenters. The highest BCUT2D eigenvalue weighted by Crippen LogP contribution is 2.05. The molecule has 0 fully saturated rings. The van der Waals surface area contributed by atoms with E-state index in [1.54, 1.807) is 0 Å². The van der Waals surface area contributed by atoms with Crippen LogP contribution in [0.2, 0.25) is 0 Å². The lowest BCUT2D eigenvalue weighted by molar-refractivity contribution is -0.142. The molecule has 0 bridgehead atoms. The molecule has 0 aromatic rings. The summed E-state index contributed by atoms with van der Waals surface area (Å²) in [7, 11) is 0. The molecule has 0 spiro atoms. The first-order valence-electron chi connectivity index (χ1n) is 5.19. The summed E-state index contributed by atoms with van der Waals surface area (Å²) in [6.07, 6.45) is 1.32. The van der Waals surface area contributed by atoms with Crippen molar-refractivity contribution >= 4 is 11.9 Å². The third kappa shape index (κ3) is 6.90. The van der Waals surface area contributed by atoms with Gasteiger partial charge in [0.15, 0.2) is 0 Å². The summed E-state index contributed by atoms with van der Waals surface area (Å²) >= 11 is 0. The summed E-state index contributed by atoms with van der Waals surface area (Å²) in [5, 5.41) is 11.3. The standard InChI is InChI=1S/C10H20N2O3/c1-7(2)6-8(10(14)15)12-9(13)4-3-5-11/h7-8H,3-6,11H2,1-2H3,(H,12,13)(H,14,15)/t8-/m0/s1. The summed E-state index contributed by atoms with van der Waals surface area (Å²) in [4.78, 5) is 22.1. The highest BCUT2D eigenvalue weighted by molar-refractivity contribution is 5.83. The number of nitrogens with one attached hydrogen (secondary N) is 1. The second-order valence-corrected chi connectivity index (χ2v) is 3.98. The van der Waals surface area contributed by atoms with Crippen LogP contribution in [-0.4, -0.2) is 29.6 Å². The number of rotatable bonds is 7. The Morgan fingerprint density at radius 2 is 2.00 bits per heavy atom. The zero-order chi connectivity index (χ0) is 11.8. The smallest absolute Gasteiger partial charge is 0.326 e. The van der Waals surface area contributed by atoms with Gasteiger partial charge in [0.25, 0.3) is 0 Å². The van der Waals surface area contributed by atoms with Crippen molar-refractivity contribution in [1.29, 1.82) is 0 Å². The van der Waals surface area contributed by atoms with E-state index in [-0.39, 0.29) is 11.8 Å². The van der Waals surface area contributed by atoms with Crippen molar-refractivity contribution in [2.45, 2.75) is 39.2 Å². The molecular weight excluding hydrogens is 196 g/mol. The van der Waals surface area contributed by atoms with Crippen LogP contribution in [0.4, 0.5) is 0 Å². The van der Waals surface area contributed by atoms with Crippen LogP contribution in [-0.2, 0) is 9.59 Å². The normalized spacial score (nSPS) is 12.5. The molecule has 5 nitrogen and oxygen atoms in total. The molecule has 0 radical (unpaired) electrons. The molecule has 5 heteroatoms. The summed E-state index contributed by atoms with van der Waals surface area (Å²) in [6, 6.07) is -0.782. The van der Waals surface area contributed by atoms with Gasteiger partial charge in [-0.1, -0.05) is 13.8 Å². The van der Waals surface area contributed by atoms with Gasteiger partial charge in [-0.2, -0.15) is 0 Å². The fraction of sp³-hybridized carbons (Fsp3) is 0.800. The Bertz CT molecular complexity index is 217. The minimum atomic E-state index is -0.982. The molecule has 0 aromatic carbocycles. The number of hydrogen-bond acceptors (Lipinski definition) is 3. The van der Waals surface area contributed by atoms with Crippen molar-refractivity contribution in [2.24, 2.45) is 11.7 Å². The Hall–Kier alpha value is -1.10. The van der Waals surface area contributed by atoms with E-state index in [0.29, 0.717) is 25.8 Å². The van der Waals surface area contributed by atoms with Crippen molar-refractivity contribution < 1.29 is 14.7 Å². The SMILES string of the molecule is CC(C)C[C@H](NC(=O)CCCN)C(=O)O. The monoisotopic (exact) mass is 216 g/mol. The van der Waals surface area contributed by atoms with Gasteiger partial charge in [-0.05, 0) is 25.3 Å². The zero-order valence-electron chi connectivity index (χ0n) is 9.32. The number of carboxylic acids is 1. The van der Waals surface area contributed by atoms with Crippen LogP contribution in [0.25, 0.3) is 0 Å². The first kappa shape index (κ1) is 13.9.